The first-order valence-corrected chi connectivity index (χ1v) is 4.79. The molecule has 0 aliphatic heterocycles. The van der Waals surface area contributed by atoms with Crippen LogP contribution >= 0.6 is 11.6 Å². The Labute approximate surface area is 87.8 Å². The monoisotopic (exact) mass is 217 g/mol. The molecule has 0 unspecified atom stereocenters. The maximum atomic E-state index is 13.1. The van der Waals surface area contributed by atoms with Crippen LogP contribution in [0.1, 0.15) is 12.0 Å². The Bertz CT molecular complexity index is 317. The predicted octanol–water partition coefficient (Wildman–Crippen LogP) is 2.38. The lowest BCUT2D eigenvalue weighted by Crippen LogP contribution is -2.02. The second-order valence-corrected chi connectivity index (χ2v) is 3.31. The Hall–Kier alpha value is -0.800. The molecule has 0 saturated carbocycles. The molecular formula is C10H13ClFNO. The minimum atomic E-state index is -0.417. The minimum Gasteiger partial charge on any atom is -0.496 e. The molecule has 2 nitrogen and oxygen atoms in total. The number of halogens is 2. The molecule has 0 bridgehead atoms. The van der Waals surface area contributed by atoms with Crippen molar-refractivity contribution in [2.45, 2.75) is 12.8 Å². The fourth-order valence-corrected chi connectivity index (χ4v) is 1.53. The van der Waals surface area contributed by atoms with Crippen molar-refractivity contribution in [3.8, 4) is 5.75 Å². The second kappa shape index (κ2) is 5.17. The van der Waals surface area contributed by atoms with E-state index in [1.54, 1.807) is 6.07 Å². The van der Waals surface area contributed by atoms with Gasteiger partial charge in [0.25, 0.3) is 0 Å². The van der Waals surface area contributed by atoms with Crippen molar-refractivity contribution in [1.82, 2.24) is 0 Å². The van der Waals surface area contributed by atoms with Crippen molar-refractivity contribution in [3.05, 3.63) is 28.5 Å². The number of hydrogen-bond acceptors (Lipinski definition) is 2. The first kappa shape index (κ1) is 11.3. The van der Waals surface area contributed by atoms with Crippen LogP contribution in [-0.2, 0) is 6.42 Å². The molecule has 4 heteroatoms. The highest BCUT2D eigenvalue weighted by atomic mass is 35.5. The van der Waals surface area contributed by atoms with Gasteiger partial charge in [-0.25, -0.2) is 4.39 Å². The van der Waals surface area contributed by atoms with E-state index in [9.17, 15) is 4.39 Å². The first-order chi connectivity index (χ1) is 6.70. The average Bonchev–Trinajstić information content (AvgIpc) is 2.20. The summed E-state index contributed by atoms with van der Waals surface area (Å²) in [5, 5.41) is 0.137. The van der Waals surface area contributed by atoms with Gasteiger partial charge in [-0.1, -0.05) is 11.6 Å². The highest BCUT2D eigenvalue weighted by Gasteiger charge is 2.11. The van der Waals surface area contributed by atoms with Gasteiger partial charge in [0.05, 0.1) is 12.1 Å². The third kappa shape index (κ3) is 2.36. The lowest BCUT2D eigenvalue weighted by atomic mass is 10.1. The van der Waals surface area contributed by atoms with Crippen LogP contribution in [-0.4, -0.2) is 13.7 Å². The Morgan fingerprint density at radius 2 is 2.21 bits per heavy atom. The van der Waals surface area contributed by atoms with Crippen molar-refractivity contribution >= 4 is 11.6 Å². The van der Waals surface area contributed by atoms with E-state index in [2.05, 4.69) is 0 Å². The zero-order valence-corrected chi connectivity index (χ0v) is 8.77. The van der Waals surface area contributed by atoms with E-state index in [0.29, 0.717) is 24.3 Å². The molecule has 1 aromatic carbocycles. The number of nitrogens with two attached hydrogens (primary N) is 1. The molecule has 1 aromatic rings. The molecule has 2 N–H and O–H groups in total. The molecule has 0 radical (unpaired) electrons. The fourth-order valence-electron chi connectivity index (χ4n) is 1.28. The lowest BCUT2D eigenvalue weighted by molar-refractivity contribution is 0.408. The molecule has 0 fully saturated rings. The van der Waals surface area contributed by atoms with E-state index in [1.807, 2.05) is 0 Å². The molecule has 1 rings (SSSR count). The molecule has 0 amide bonds. The Balaban J connectivity index is 3.01. The van der Waals surface area contributed by atoms with Gasteiger partial charge < -0.3 is 10.5 Å². The SMILES string of the molecule is COc1ccc(F)c(Cl)c1CCCN. The summed E-state index contributed by atoms with van der Waals surface area (Å²) in [6.07, 6.45) is 1.40. The van der Waals surface area contributed by atoms with E-state index in [-0.39, 0.29) is 5.02 Å². The maximum Gasteiger partial charge on any atom is 0.142 e. The summed E-state index contributed by atoms with van der Waals surface area (Å²) < 4.78 is 18.2. The fraction of sp³-hybridized carbons (Fsp3) is 0.400. The number of ether oxygens (including phenoxy) is 1. The summed E-state index contributed by atoms with van der Waals surface area (Å²) in [7, 11) is 1.54. The largest absolute Gasteiger partial charge is 0.496 e. The predicted molar refractivity (Wildman–Crippen MR) is 55.3 cm³/mol. The molecule has 0 aliphatic carbocycles. The van der Waals surface area contributed by atoms with E-state index >= 15 is 0 Å². The van der Waals surface area contributed by atoms with E-state index in [4.69, 9.17) is 22.1 Å². The van der Waals surface area contributed by atoms with Crippen molar-refractivity contribution in [2.24, 2.45) is 5.73 Å². The Morgan fingerprint density at radius 3 is 2.79 bits per heavy atom. The van der Waals surface area contributed by atoms with E-state index < -0.39 is 5.82 Å². The molecule has 0 aliphatic rings. The summed E-state index contributed by atoms with van der Waals surface area (Å²) in [4.78, 5) is 0. The van der Waals surface area contributed by atoms with Crippen molar-refractivity contribution in [2.75, 3.05) is 13.7 Å². The Kier molecular flexibility index (Phi) is 4.17. The topological polar surface area (TPSA) is 35.2 Å². The summed E-state index contributed by atoms with van der Waals surface area (Å²) in [6.45, 7) is 0.552. The smallest absolute Gasteiger partial charge is 0.142 e. The molecule has 0 spiro atoms. The third-order valence-electron chi connectivity index (χ3n) is 2.00. The number of hydrogen-bond donors (Lipinski definition) is 1. The van der Waals surface area contributed by atoms with E-state index in [0.717, 1.165) is 6.42 Å². The first-order valence-electron chi connectivity index (χ1n) is 4.41. The van der Waals surface area contributed by atoms with Crippen LogP contribution in [0, 0.1) is 5.82 Å². The van der Waals surface area contributed by atoms with Crippen molar-refractivity contribution < 1.29 is 9.13 Å². The highest BCUT2D eigenvalue weighted by molar-refractivity contribution is 6.31. The van der Waals surface area contributed by atoms with Gasteiger partial charge in [0, 0.05) is 5.56 Å². The van der Waals surface area contributed by atoms with Gasteiger partial charge in [-0.3, -0.25) is 0 Å². The van der Waals surface area contributed by atoms with Crippen LogP contribution in [0.5, 0.6) is 5.75 Å². The summed E-state index contributed by atoms with van der Waals surface area (Å²) in [6, 6.07) is 2.88. The zero-order valence-electron chi connectivity index (χ0n) is 8.02. The van der Waals surface area contributed by atoms with Gasteiger partial charge in [-0.15, -0.1) is 0 Å². The zero-order chi connectivity index (χ0) is 10.6. The average molecular weight is 218 g/mol. The molecule has 14 heavy (non-hydrogen) atoms. The molecular weight excluding hydrogens is 205 g/mol. The van der Waals surface area contributed by atoms with Gasteiger partial charge >= 0.3 is 0 Å². The molecule has 0 heterocycles. The van der Waals surface area contributed by atoms with Crippen molar-refractivity contribution in [1.29, 1.82) is 0 Å². The van der Waals surface area contributed by atoms with Gasteiger partial charge in [0.15, 0.2) is 0 Å². The van der Waals surface area contributed by atoms with Crippen LogP contribution in [0.15, 0.2) is 12.1 Å². The van der Waals surface area contributed by atoms with Gasteiger partial charge in [-0.05, 0) is 31.5 Å². The van der Waals surface area contributed by atoms with Crippen LogP contribution in [0.4, 0.5) is 4.39 Å². The summed E-state index contributed by atoms with van der Waals surface area (Å²) >= 11 is 5.82. The highest BCUT2D eigenvalue weighted by Crippen LogP contribution is 2.29. The van der Waals surface area contributed by atoms with Crippen LogP contribution in [0.25, 0.3) is 0 Å². The lowest BCUT2D eigenvalue weighted by Gasteiger charge is -2.10. The van der Waals surface area contributed by atoms with Crippen molar-refractivity contribution in [3.63, 3.8) is 0 Å². The number of methoxy groups -OCH3 is 1. The van der Waals surface area contributed by atoms with Crippen LogP contribution in [0.2, 0.25) is 5.02 Å². The maximum absolute atomic E-state index is 13.1. The summed E-state index contributed by atoms with van der Waals surface area (Å²) in [5.41, 5.74) is 6.07. The quantitative estimate of drug-likeness (QED) is 0.841. The van der Waals surface area contributed by atoms with Gasteiger partial charge in [0.2, 0.25) is 0 Å². The van der Waals surface area contributed by atoms with Crippen LogP contribution < -0.4 is 10.5 Å². The third-order valence-corrected chi connectivity index (χ3v) is 2.41. The molecule has 0 saturated heterocycles. The van der Waals surface area contributed by atoms with E-state index in [1.165, 1.54) is 13.2 Å². The number of benzene rings is 1. The summed E-state index contributed by atoms with van der Waals surface area (Å²) in [5.74, 6) is 0.198. The molecule has 0 atom stereocenters. The normalized spacial score (nSPS) is 10.3. The molecule has 78 valence electrons. The van der Waals surface area contributed by atoms with Crippen LogP contribution in [0.3, 0.4) is 0 Å². The minimum absolute atomic E-state index is 0.137. The molecule has 0 aromatic heterocycles. The number of rotatable bonds is 4. The second-order valence-electron chi connectivity index (χ2n) is 2.93. The van der Waals surface area contributed by atoms with Gasteiger partial charge in [0.1, 0.15) is 11.6 Å². The standard InChI is InChI=1S/C10H13ClFNO/c1-14-9-5-4-8(12)10(11)7(9)3-2-6-13/h4-5H,2-3,6,13H2,1H3. The Morgan fingerprint density at radius 1 is 1.50 bits per heavy atom. The van der Waals surface area contributed by atoms with Gasteiger partial charge in [-0.2, -0.15) is 0 Å².